The molecule has 1 aromatic rings. The van der Waals surface area contributed by atoms with Crippen LogP contribution in [0, 0.1) is 5.92 Å². The zero-order chi connectivity index (χ0) is 19.5. The number of amides is 2. The molecule has 0 saturated carbocycles. The summed E-state index contributed by atoms with van der Waals surface area (Å²) in [5.74, 6) is 1.07. The first-order chi connectivity index (χ1) is 12.2. The second-order valence-electron chi connectivity index (χ2n) is 7.10. The first kappa shape index (κ1) is 20.4. The van der Waals surface area contributed by atoms with Crippen LogP contribution in [-0.2, 0) is 9.59 Å². The van der Waals surface area contributed by atoms with Crippen molar-refractivity contribution in [2.24, 2.45) is 5.92 Å². The van der Waals surface area contributed by atoms with Crippen molar-refractivity contribution in [1.29, 1.82) is 0 Å². The molecule has 144 valence electrons. The summed E-state index contributed by atoms with van der Waals surface area (Å²) < 4.78 is 10.6. The van der Waals surface area contributed by atoms with Gasteiger partial charge >= 0.3 is 0 Å². The standard InChI is InChI=1S/C19H27ClN2O4/c1-12(2)7-9-21-18(24)19(3)8-6-17(23)22(19)14-10-13(20)15(25-4)11-16(14)26-5/h10-12H,6-9H2,1-5H3,(H,21,24). The molecule has 7 heteroatoms. The largest absolute Gasteiger partial charge is 0.495 e. The predicted molar refractivity (Wildman–Crippen MR) is 102 cm³/mol. The first-order valence-electron chi connectivity index (χ1n) is 8.77. The van der Waals surface area contributed by atoms with Crippen LogP contribution in [0.5, 0.6) is 11.5 Å². The van der Waals surface area contributed by atoms with Gasteiger partial charge in [-0.15, -0.1) is 0 Å². The van der Waals surface area contributed by atoms with Crippen LogP contribution < -0.4 is 19.7 Å². The Labute approximate surface area is 159 Å². The number of carbonyl (C=O) groups excluding carboxylic acids is 2. The lowest BCUT2D eigenvalue weighted by Gasteiger charge is -2.35. The van der Waals surface area contributed by atoms with E-state index in [2.05, 4.69) is 19.2 Å². The zero-order valence-electron chi connectivity index (χ0n) is 16.0. The normalized spacial score (nSPS) is 19.8. The van der Waals surface area contributed by atoms with Crippen molar-refractivity contribution >= 4 is 29.1 Å². The lowest BCUT2D eigenvalue weighted by atomic mass is 9.96. The number of halogens is 1. The Bertz CT molecular complexity index is 692. The average Bonchev–Trinajstić information content (AvgIpc) is 2.90. The van der Waals surface area contributed by atoms with Gasteiger partial charge < -0.3 is 14.8 Å². The first-order valence-corrected chi connectivity index (χ1v) is 9.15. The van der Waals surface area contributed by atoms with Gasteiger partial charge in [-0.1, -0.05) is 25.4 Å². The van der Waals surface area contributed by atoms with Crippen LogP contribution in [-0.4, -0.2) is 38.1 Å². The number of carbonyl (C=O) groups is 2. The molecular weight excluding hydrogens is 356 g/mol. The quantitative estimate of drug-likeness (QED) is 0.784. The Morgan fingerprint density at radius 2 is 1.96 bits per heavy atom. The summed E-state index contributed by atoms with van der Waals surface area (Å²) in [6, 6.07) is 3.24. The van der Waals surface area contributed by atoms with E-state index in [1.54, 1.807) is 19.1 Å². The molecular formula is C19H27ClN2O4. The Balaban J connectivity index is 2.38. The van der Waals surface area contributed by atoms with Gasteiger partial charge in [0, 0.05) is 19.0 Å². The molecule has 2 rings (SSSR count). The Hall–Kier alpha value is -1.95. The highest BCUT2D eigenvalue weighted by Crippen LogP contribution is 2.44. The highest BCUT2D eigenvalue weighted by molar-refractivity contribution is 6.32. The number of benzene rings is 1. The Kier molecular flexibility index (Phi) is 6.39. The van der Waals surface area contributed by atoms with Crippen molar-refractivity contribution in [3.8, 4) is 11.5 Å². The van der Waals surface area contributed by atoms with Crippen LogP contribution in [0.25, 0.3) is 0 Å². The lowest BCUT2D eigenvalue weighted by molar-refractivity contribution is -0.127. The molecule has 1 saturated heterocycles. The van der Waals surface area contributed by atoms with E-state index in [4.69, 9.17) is 21.1 Å². The van der Waals surface area contributed by atoms with Crippen LogP contribution in [0.1, 0.15) is 40.0 Å². The van der Waals surface area contributed by atoms with E-state index in [0.29, 0.717) is 47.5 Å². The fourth-order valence-electron chi connectivity index (χ4n) is 3.15. The third-order valence-electron chi connectivity index (χ3n) is 4.76. The highest BCUT2D eigenvalue weighted by atomic mass is 35.5. The van der Waals surface area contributed by atoms with E-state index >= 15 is 0 Å². The molecule has 0 aromatic heterocycles. The minimum absolute atomic E-state index is 0.133. The summed E-state index contributed by atoms with van der Waals surface area (Å²) >= 11 is 6.26. The van der Waals surface area contributed by atoms with E-state index in [-0.39, 0.29) is 11.8 Å². The van der Waals surface area contributed by atoms with Gasteiger partial charge in [-0.05, 0) is 31.7 Å². The molecule has 1 atom stereocenters. The molecule has 1 fully saturated rings. The second kappa shape index (κ2) is 8.16. The van der Waals surface area contributed by atoms with Crippen LogP contribution in [0.2, 0.25) is 5.02 Å². The van der Waals surface area contributed by atoms with Gasteiger partial charge in [-0.2, -0.15) is 0 Å². The fraction of sp³-hybridized carbons (Fsp3) is 0.579. The van der Waals surface area contributed by atoms with Gasteiger partial charge in [-0.25, -0.2) is 0 Å². The van der Waals surface area contributed by atoms with E-state index in [9.17, 15) is 9.59 Å². The highest BCUT2D eigenvalue weighted by Gasteiger charge is 2.49. The average molecular weight is 383 g/mol. The summed E-state index contributed by atoms with van der Waals surface area (Å²) in [5, 5.41) is 3.31. The monoisotopic (exact) mass is 382 g/mol. The molecule has 0 aliphatic carbocycles. The molecule has 1 aromatic carbocycles. The molecule has 0 radical (unpaired) electrons. The van der Waals surface area contributed by atoms with Crippen LogP contribution >= 0.6 is 11.6 Å². The number of nitrogens with zero attached hydrogens (tertiary/aromatic N) is 1. The number of hydrogen-bond donors (Lipinski definition) is 1. The van der Waals surface area contributed by atoms with Crippen molar-refractivity contribution in [3.05, 3.63) is 17.2 Å². The molecule has 1 aliphatic rings. The van der Waals surface area contributed by atoms with E-state index in [1.165, 1.54) is 19.1 Å². The SMILES string of the molecule is COc1cc(OC)c(N2C(=O)CCC2(C)C(=O)NCCC(C)C)cc1Cl. The number of hydrogen-bond acceptors (Lipinski definition) is 4. The van der Waals surface area contributed by atoms with Crippen molar-refractivity contribution < 1.29 is 19.1 Å². The number of methoxy groups -OCH3 is 2. The number of ether oxygens (including phenoxy) is 2. The zero-order valence-corrected chi connectivity index (χ0v) is 16.8. The smallest absolute Gasteiger partial charge is 0.246 e. The van der Waals surface area contributed by atoms with Gasteiger partial charge in [0.15, 0.2) is 0 Å². The summed E-state index contributed by atoms with van der Waals surface area (Å²) in [7, 11) is 3.01. The maximum absolute atomic E-state index is 12.9. The van der Waals surface area contributed by atoms with Crippen molar-refractivity contribution in [2.75, 3.05) is 25.7 Å². The van der Waals surface area contributed by atoms with E-state index in [1.807, 2.05) is 0 Å². The number of anilines is 1. The summed E-state index contributed by atoms with van der Waals surface area (Å²) in [4.78, 5) is 27.0. The molecule has 0 spiro atoms. The molecule has 26 heavy (non-hydrogen) atoms. The number of rotatable bonds is 7. The molecule has 2 amide bonds. The third-order valence-corrected chi connectivity index (χ3v) is 5.05. The minimum atomic E-state index is -0.987. The molecule has 1 aliphatic heterocycles. The second-order valence-corrected chi connectivity index (χ2v) is 7.51. The molecule has 1 N–H and O–H groups in total. The summed E-state index contributed by atoms with van der Waals surface area (Å²) in [5.41, 5.74) is -0.512. The van der Waals surface area contributed by atoms with Crippen LogP contribution in [0.4, 0.5) is 5.69 Å². The topological polar surface area (TPSA) is 67.9 Å². The van der Waals surface area contributed by atoms with Crippen molar-refractivity contribution in [3.63, 3.8) is 0 Å². The molecule has 1 unspecified atom stereocenters. The van der Waals surface area contributed by atoms with Crippen molar-refractivity contribution in [2.45, 2.75) is 45.6 Å². The van der Waals surface area contributed by atoms with E-state index in [0.717, 1.165) is 6.42 Å². The van der Waals surface area contributed by atoms with Gasteiger partial charge in [0.25, 0.3) is 0 Å². The van der Waals surface area contributed by atoms with Crippen LogP contribution in [0.15, 0.2) is 12.1 Å². The maximum Gasteiger partial charge on any atom is 0.246 e. The maximum atomic E-state index is 12.9. The van der Waals surface area contributed by atoms with Gasteiger partial charge in [0.1, 0.15) is 17.0 Å². The van der Waals surface area contributed by atoms with Crippen molar-refractivity contribution in [1.82, 2.24) is 5.32 Å². The summed E-state index contributed by atoms with van der Waals surface area (Å²) in [6.07, 6.45) is 1.61. The lowest BCUT2D eigenvalue weighted by Crippen LogP contribution is -2.55. The predicted octanol–water partition coefficient (Wildman–Crippen LogP) is 3.41. The minimum Gasteiger partial charge on any atom is -0.495 e. The van der Waals surface area contributed by atoms with E-state index < -0.39 is 5.54 Å². The van der Waals surface area contributed by atoms with Gasteiger partial charge in [0.2, 0.25) is 11.8 Å². The Morgan fingerprint density at radius 3 is 2.54 bits per heavy atom. The summed E-state index contributed by atoms with van der Waals surface area (Å²) in [6.45, 7) is 6.56. The number of nitrogens with one attached hydrogen (secondary N) is 1. The molecule has 0 bridgehead atoms. The molecule has 6 nitrogen and oxygen atoms in total. The van der Waals surface area contributed by atoms with Gasteiger partial charge in [-0.3, -0.25) is 14.5 Å². The third kappa shape index (κ3) is 3.90. The van der Waals surface area contributed by atoms with Crippen LogP contribution in [0.3, 0.4) is 0 Å². The van der Waals surface area contributed by atoms with Gasteiger partial charge in [0.05, 0.1) is 24.9 Å². The Morgan fingerprint density at radius 1 is 1.31 bits per heavy atom. The fourth-order valence-corrected chi connectivity index (χ4v) is 3.38. The molecule has 1 heterocycles.